The van der Waals surface area contributed by atoms with E-state index < -0.39 is 0 Å². The van der Waals surface area contributed by atoms with Gasteiger partial charge in [0, 0.05) is 11.6 Å². The van der Waals surface area contributed by atoms with Gasteiger partial charge in [-0.25, -0.2) is 0 Å². The highest BCUT2D eigenvalue weighted by Crippen LogP contribution is 2.30. The molecule has 1 N–H and O–H groups in total. The van der Waals surface area contributed by atoms with Crippen LogP contribution in [0.3, 0.4) is 0 Å². The number of hydrogen-bond acceptors (Lipinski definition) is 2. The van der Waals surface area contributed by atoms with Gasteiger partial charge in [-0.1, -0.05) is 24.3 Å². The molecule has 2 atom stereocenters. The van der Waals surface area contributed by atoms with E-state index in [1.807, 2.05) is 0 Å². The van der Waals surface area contributed by atoms with Crippen molar-refractivity contribution in [1.29, 1.82) is 0 Å². The van der Waals surface area contributed by atoms with Crippen LogP contribution in [0.25, 0.3) is 0 Å². The van der Waals surface area contributed by atoms with Crippen molar-refractivity contribution >= 4 is 0 Å². The molecule has 0 fully saturated rings. The fraction of sp³-hybridized carbons (Fsp3) is 0.625. The molecule has 18 heavy (non-hydrogen) atoms. The molecule has 2 nitrogen and oxygen atoms in total. The molecule has 1 aliphatic rings. The zero-order chi connectivity index (χ0) is 13.2. The second-order valence-electron chi connectivity index (χ2n) is 6.34. The Balaban J connectivity index is 2.03. The van der Waals surface area contributed by atoms with E-state index in [1.54, 1.807) is 0 Å². The van der Waals surface area contributed by atoms with Crippen molar-refractivity contribution < 1.29 is 4.74 Å². The van der Waals surface area contributed by atoms with Gasteiger partial charge < -0.3 is 10.1 Å². The molecule has 1 aromatic carbocycles. The number of fused-ring (bicyclic) bond motifs is 1. The zero-order valence-corrected chi connectivity index (χ0v) is 12.0. The summed E-state index contributed by atoms with van der Waals surface area (Å²) in [6.07, 6.45) is 2.34. The van der Waals surface area contributed by atoms with Crippen LogP contribution < -0.4 is 5.32 Å². The normalized spacial score (nSPS) is 21.4. The van der Waals surface area contributed by atoms with Crippen LogP contribution in [0.2, 0.25) is 0 Å². The van der Waals surface area contributed by atoms with E-state index in [0.717, 1.165) is 19.4 Å². The van der Waals surface area contributed by atoms with Gasteiger partial charge in [-0.2, -0.15) is 0 Å². The van der Waals surface area contributed by atoms with Crippen molar-refractivity contribution in [1.82, 2.24) is 5.32 Å². The Morgan fingerprint density at radius 2 is 2.06 bits per heavy atom. The second-order valence-corrected chi connectivity index (χ2v) is 6.34. The second kappa shape index (κ2) is 5.41. The van der Waals surface area contributed by atoms with Crippen LogP contribution in [0.1, 0.15) is 51.3 Å². The lowest BCUT2D eigenvalue weighted by atomic mass is 9.93. The van der Waals surface area contributed by atoms with Crippen LogP contribution in [0.4, 0.5) is 0 Å². The molecule has 1 aliphatic heterocycles. The topological polar surface area (TPSA) is 21.3 Å². The summed E-state index contributed by atoms with van der Waals surface area (Å²) in [4.78, 5) is 0. The molecular formula is C16H25NO. The van der Waals surface area contributed by atoms with E-state index in [-0.39, 0.29) is 11.6 Å². The minimum Gasteiger partial charge on any atom is -0.373 e. The molecule has 2 heteroatoms. The minimum atomic E-state index is 0.160. The van der Waals surface area contributed by atoms with Crippen LogP contribution in [-0.4, -0.2) is 18.2 Å². The first-order valence-corrected chi connectivity index (χ1v) is 6.93. The molecule has 100 valence electrons. The van der Waals surface area contributed by atoms with E-state index in [9.17, 15) is 0 Å². The van der Waals surface area contributed by atoms with Crippen LogP contribution in [-0.2, 0) is 11.2 Å². The van der Waals surface area contributed by atoms with Crippen molar-refractivity contribution in [2.45, 2.75) is 58.2 Å². The third-order valence-electron chi connectivity index (χ3n) is 3.34. The SMILES string of the molecule is CC(CC1OCCc2ccccc21)NC(C)(C)C. The van der Waals surface area contributed by atoms with Crippen molar-refractivity contribution in [2.75, 3.05) is 6.61 Å². The number of nitrogens with one attached hydrogen (secondary N) is 1. The minimum absolute atomic E-state index is 0.160. The van der Waals surface area contributed by atoms with Gasteiger partial charge in [-0.3, -0.25) is 0 Å². The molecule has 0 amide bonds. The van der Waals surface area contributed by atoms with Gasteiger partial charge in [0.15, 0.2) is 0 Å². The Hall–Kier alpha value is -0.860. The average molecular weight is 247 g/mol. The third-order valence-corrected chi connectivity index (χ3v) is 3.34. The summed E-state index contributed by atoms with van der Waals surface area (Å²) in [6, 6.07) is 9.14. The molecule has 2 unspecified atom stereocenters. The lowest BCUT2D eigenvalue weighted by Gasteiger charge is -2.31. The Morgan fingerprint density at radius 1 is 1.33 bits per heavy atom. The summed E-state index contributed by atoms with van der Waals surface area (Å²) in [5, 5.41) is 3.62. The van der Waals surface area contributed by atoms with Crippen molar-refractivity contribution in [3.8, 4) is 0 Å². The molecule has 2 rings (SSSR count). The Labute approximate surface area is 111 Å². The van der Waals surface area contributed by atoms with Crippen molar-refractivity contribution in [3.05, 3.63) is 35.4 Å². The number of hydrogen-bond donors (Lipinski definition) is 1. The third kappa shape index (κ3) is 3.56. The van der Waals surface area contributed by atoms with E-state index in [1.165, 1.54) is 11.1 Å². The Kier molecular flexibility index (Phi) is 4.08. The molecule has 0 bridgehead atoms. The molecule has 0 aliphatic carbocycles. The molecule has 0 saturated heterocycles. The number of rotatable bonds is 3. The summed E-state index contributed by atoms with van der Waals surface area (Å²) < 4.78 is 5.95. The maximum Gasteiger partial charge on any atom is 0.0842 e. The molecule has 1 heterocycles. The van der Waals surface area contributed by atoms with Gasteiger partial charge >= 0.3 is 0 Å². The maximum absolute atomic E-state index is 5.95. The lowest BCUT2D eigenvalue weighted by molar-refractivity contribution is 0.0290. The summed E-state index contributed by atoms with van der Waals surface area (Å²) >= 11 is 0. The maximum atomic E-state index is 5.95. The molecule has 0 saturated carbocycles. The Bertz CT molecular complexity index is 394. The smallest absolute Gasteiger partial charge is 0.0842 e. The number of benzene rings is 1. The highest BCUT2D eigenvalue weighted by Gasteiger charge is 2.23. The van der Waals surface area contributed by atoms with Gasteiger partial charge in [0.2, 0.25) is 0 Å². The van der Waals surface area contributed by atoms with Gasteiger partial charge in [0.05, 0.1) is 12.7 Å². The fourth-order valence-electron chi connectivity index (χ4n) is 2.79. The monoisotopic (exact) mass is 247 g/mol. The first-order valence-electron chi connectivity index (χ1n) is 6.93. The van der Waals surface area contributed by atoms with E-state index in [0.29, 0.717) is 6.04 Å². The first kappa shape index (κ1) is 13.6. The summed E-state index contributed by atoms with van der Waals surface area (Å²) in [5.41, 5.74) is 3.00. The predicted octanol–water partition coefficient (Wildman–Crippen LogP) is 3.47. The average Bonchev–Trinajstić information content (AvgIpc) is 2.27. The molecule has 0 aromatic heterocycles. The fourth-order valence-corrected chi connectivity index (χ4v) is 2.79. The molecule has 0 spiro atoms. The molecule has 1 aromatic rings. The van der Waals surface area contributed by atoms with Gasteiger partial charge in [0.1, 0.15) is 0 Å². The standard InChI is InChI=1S/C16H25NO/c1-12(17-16(2,3)4)11-15-14-8-6-5-7-13(14)9-10-18-15/h5-8,12,15,17H,9-11H2,1-4H3. The predicted molar refractivity (Wildman–Crippen MR) is 75.8 cm³/mol. The Morgan fingerprint density at radius 3 is 2.78 bits per heavy atom. The summed E-state index contributed by atoms with van der Waals surface area (Å²) in [6.45, 7) is 9.72. The van der Waals surface area contributed by atoms with Crippen LogP contribution >= 0.6 is 0 Å². The van der Waals surface area contributed by atoms with Gasteiger partial charge in [-0.05, 0) is 51.7 Å². The van der Waals surface area contributed by atoms with Crippen molar-refractivity contribution in [3.63, 3.8) is 0 Å². The van der Waals surface area contributed by atoms with E-state index in [2.05, 4.69) is 57.3 Å². The zero-order valence-electron chi connectivity index (χ0n) is 12.0. The van der Waals surface area contributed by atoms with Gasteiger partial charge in [-0.15, -0.1) is 0 Å². The highest BCUT2D eigenvalue weighted by molar-refractivity contribution is 5.30. The number of ether oxygens (including phenoxy) is 1. The van der Waals surface area contributed by atoms with Crippen LogP contribution in [0.15, 0.2) is 24.3 Å². The quantitative estimate of drug-likeness (QED) is 0.883. The van der Waals surface area contributed by atoms with Crippen molar-refractivity contribution in [2.24, 2.45) is 0 Å². The largest absolute Gasteiger partial charge is 0.373 e. The highest BCUT2D eigenvalue weighted by atomic mass is 16.5. The van der Waals surface area contributed by atoms with E-state index >= 15 is 0 Å². The van der Waals surface area contributed by atoms with Gasteiger partial charge in [0.25, 0.3) is 0 Å². The summed E-state index contributed by atoms with van der Waals surface area (Å²) in [7, 11) is 0. The van der Waals surface area contributed by atoms with Crippen LogP contribution in [0.5, 0.6) is 0 Å². The first-order chi connectivity index (χ1) is 8.46. The molecular weight excluding hydrogens is 222 g/mol. The van der Waals surface area contributed by atoms with Crippen LogP contribution in [0, 0.1) is 0 Å². The van der Waals surface area contributed by atoms with E-state index in [4.69, 9.17) is 4.74 Å². The lowest BCUT2D eigenvalue weighted by Crippen LogP contribution is -2.43. The summed E-state index contributed by atoms with van der Waals surface area (Å²) in [5.74, 6) is 0. The molecule has 0 radical (unpaired) electrons.